The molecule has 0 bridgehead atoms. The molecule has 0 aromatic carbocycles. The third-order valence-electron chi connectivity index (χ3n) is 2.46. The highest BCUT2D eigenvalue weighted by molar-refractivity contribution is 6.30. The van der Waals surface area contributed by atoms with Crippen molar-refractivity contribution in [3.8, 4) is 11.5 Å². The SMILES string of the molecule is CCOc1cc(OCC2CCN2)cnc1Cl. The largest absolute Gasteiger partial charge is 0.491 e. The van der Waals surface area contributed by atoms with Gasteiger partial charge in [-0.05, 0) is 19.9 Å². The van der Waals surface area contributed by atoms with Crippen LogP contribution in [0.5, 0.6) is 11.5 Å². The van der Waals surface area contributed by atoms with Crippen molar-refractivity contribution in [2.45, 2.75) is 19.4 Å². The first kappa shape index (κ1) is 11.5. The Morgan fingerprint density at radius 1 is 1.56 bits per heavy atom. The van der Waals surface area contributed by atoms with Crippen LogP contribution in [0.25, 0.3) is 0 Å². The van der Waals surface area contributed by atoms with Gasteiger partial charge in [-0.2, -0.15) is 0 Å². The van der Waals surface area contributed by atoms with E-state index in [2.05, 4.69) is 10.3 Å². The lowest BCUT2D eigenvalue weighted by atomic mass is 10.1. The molecule has 1 atom stereocenters. The summed E-state index contributed by atoms with van der Waals surface area (Å²) in [5.74, 6) is 1.27. The summed E-state index contributed by atoms with van der Waals surface area (Å²) < 4.78 is 10.9. The molecule has 1 aliphatic heterocycles. The van der Waals surface area contributed by atoms with Crippen LogP contribution in [0.2, 0.25) is 5.15 Å². The highest BCUT2D eigenvalue weighted by Crippen LogP contribution is 2.26. The first-order valence-corrected chi connectivity index (χ1v) is 5.82. The Bertz CT molecular complexity index is 356. The van der Waals surface area contributed by atoms with E-state index in [1.54, 1.807) is 12.3 Å². The Morgan fingerprint density at radius 3 is 3.00 bits per heavy atom. The maximum Gasteiger partial charge on any atom is 0.171 e. The molecule has 1 aromatic rings. The molecule has 1 aliphatic rings. The first-order chi connectivity index (χ1) is 7.79. The van der Waals surface area contributed by atoms with Crippen LogP contribution in [0, 0.1) is 0 Å². The van der Waals surface area contributed by atoms with Crippen molar-refractivity contribution in [2.75, 3.05) is 19.8 Å². The molecule has 1 fully saturated rings. The lowest BCUT2D eigenvalue weighted by Crippen LogP contribution is -2.46. The maximum atomic E-state index is 5.87. The summed E-state index contributed by atoms with van der Waals surface area (Å²) >= 11 is 5.87. The van der Waals surface area contributed by atoms with Crippen LogP contribution in [0.4, 0.5) is 0 Å². The summed E-state index contributed by atoms with van der Waals surface area (Å²) in [5, 5.41) is 3.64. The molecule has 4 nitrogen and oxygen atoms in total. The number of aromatic nitrogens is 1. The summed E-state index contributed by atoms with van der Waals surface area (Å²) in [6.45, 7) is 4.21. The summed E-state index contributed by atoms with van der Waals surface area (Å²) in [6, 6.07) is 2.24. The third-order valence-corrected chi connectivity index (χ3v) is 2.74. The summed E-state index contributed by atoms with van der Waals surface area (Å²) in [4.78, 5) is 4.01. The van der Waals surface area contributed by atoms with Crippen molar-refractivity contribution in [3.05, 3.63) is 17.4 Å². The zero-order chi connectivity index (χ0) is 11.4. The minimum Gasteiger partial charge on any atom is -0.491 e. The van der Waals surface area contributed by atoms with E-state index in [1.165, 1.54) is 6.42 Å². The molecule has 0 aliphatic carbocycles. The van der Waals surface area contributed by atoms with Crippen LogP contribution in [0.1, 0.15) is 13.3 Å². The monoisotopic (exact) mass is 242 g/mol. The number of nitrogens with one attached hydrogen (secondary N) is 1. The van der Waals surface area contributed by atoms with Gasteiger partial charge in [0.2, 0.25) is 0 Å². The molecule has 0 spiro atoms. The fourth-order valence-corrected chi connectivity index (χ4v) is 1.59. The number of nitrogens with zero attached hydrogens (tertiary/aromatic N) is 1. The van der Waals surface area contributed by atoms with Gasteiger partial charge in [0.1, 0.15) is 12.4 Å². The average molecular weight is 243 g/mol. The van der Waals surface area contributed by atoms with Gasteiger partial charge >= 0.3 is 0 Å². The predicted octanol–water partition coefficient (Wildman–Crippen LogP) is 1.87. The zero-order valence-electron chi connectivity index (χ0n) is 9.20. The van der Waals surface area contributed by atoms with Gasteiger partial charge in [-0.25, -0.2) is 4.98 Å². The average Bonchev–Trinajstić information content (AvgIpc) is 2.21. The molecule has 0 amide bonds. The lowest BCUT2D eigenvalue weighted by molar-refractivity contribution is 0.216. The van der Waals surface area contributed by atoms with Crippen molar-refractivity contribution >= 4 is 11.6 Å². The second kappa shape index (κ2) is 5.37. The van der Waals surface area contributed by atoms with E-state index in [0.717, 1.165) is 6.54 Å². The van der Waals surface area contributed by atoms with E-state index in [0.29, 0.717) is 35.9 Å². The van der Waals surface area contributed by atoms with Crippen LogP contribution >= 0.6 is 11.6 Å². The highest BCUT2D eigenvalue weighted by Gasteiger charge is 2.17. The van der Waals surface area contributed by atoms with Crippen LogP contribution in [-0.2, 0) is 0 Å². The standard InChI is InChI=1S/C11H15ClN2O2/c1-2-15-10-5-9(6-14-11(10)12)16-7-8-3-4-13-8/h5-6,8,13H,2-4,7H2,1H3. The van der Waals surface area contributed by atoms with Gasteiger partial charge in [-0.1, -0.05) is 11.6 Å². The number of hydrogen-bond acceptors (Lipinski definition) is 4. The number of ether oxygens (including phenoxy) is 2. The molecule has 1 aromatic heterocycles. The van der Waals surface area contributed by atoms with E-state index in [9.17, 15) is 0 Å². The summed E-state index contributed by atoms with van der Waals surface area (Å²) in [5.41, 5.74) is 0. The van der Waals surface area contributed by atoms with Crippen LogP contribution in [0.15, 0.2) is 12.3 Å². The number of halogens is 1. The van der Waals surface area contributed by atoms with E-state index in [1.807, 2.05) is 6.92 Å². The Balaban J connectivity index is 1.94. The molecular formula is C11H15ClN2O2. The second-order valence-electron chi connectivity index (χ2n) is 3.64. The topological polar surface area (TPSA) is 43.4 Å². The Labute approximate surface area is 99.9 Å². The molecular weight excluding hydrogens is 228 g/mol. The Kier molecular flexibility index (Phi) is 3.85. The van der Waals surface area contributed by atoms with Gasteiger partial charge in [-0.3, -0.25) is 0 Å². The highest BCUT2D eigenvalue weighted by atomic mass is 35.5. The smallest absolute Gasteiger partial charge is 0.171 e. The molecule has 16 heavy (non-hydrogen) atoms. The number of rotatable bonds is 5. The fourth-order valence-electron chi connectivity index (χ4n) is 1.43. The molecule has 2 heterocycles. The Hall–Kier alpha value is -1.00. The van der Waals surface area contributed by atoms with E-state index < -0.39 is 0 Å². The molecule has 88 valence electrons. The van der Waals surface area contributed by atoms with Gasteiger partial charge in [0.15, 0.2) is 10.9 Å². The predicted molar refractivity (Wildman–Crippen MR) is 62.3 cm³/mol. The van der Waals surface area contributed by atoms with E-state index in [-0.39, 0.29) is 0 Å². The van der Waals surface area contributed by atoms with E-state index >= 15 is 0 Å². The molecule has 0 saturated carbocycles. The zero-order valence-corrected chi connectivity index (χ0v) is 9.96. The molecule has 0 radical (unpaired) electrons. The van der Waals surface area contributed by atoms with Gasteiger partial charge < -0.3 is 14.8 Å². The summed E-state index contributed by atoms with van der Waals surface area (Å²) in [6.07, 6.45) is 2.78. The molecule has 5 heteroatoms. The summed E-state index contributed by atoms with van der Waals surface area (Å²) in [7, 11) is 0. The maximum absolute atomic E-state index is 5.87. The van der Waals surface area contributed by atoms with Crippen molar-refractivity contribution in [2.24, 2.45) is 0 Å². The number of pyridine rings is 1. The molecule has 1 N–H and O–H groups in total. The van der Waals surface area contributed by atoms with Gasteiger partial charge in [0.25, 0.3) is 0 Å². The molecule has 1 saturated heterocycles. The van der Waals surface area contributed by atoms with E-state index in [4.69, 9.17) is 21.1 Å². The Morgan fingerprint density at radius 2 is 2.38 bits per heavy atom. The van der Waals surface area contributed by atoms with Crippen molar-refractivity contribution in [3.63, 3.8) is 0 Å². The van der Waals surface area contributed by atoms with Gasteiger partial charge in [-0.15, -0.1) is 0 Å². The lowest BCUT2D eigenvalue weighted by Gasteiger charge is -2.27. The third kappa shape index (κ3) is 2.77. The van der Waals surface area contributed by atoms with Crippen molar-refractivity contribution < 1.29 is 9.47 Å². The minimum atomic E-state index is 0.371. The number of hydrogen-bond donors (Lipinski definition) is 1. The quantitative estimate of drug-likeness (QED) is 0.801. The van der Waals surface area contributed by atoms with Crippen molar-refractivity contribution in [1.82, 2.24) is 10.3 Å². The minimum absolute atomic E-state index is 0.371. The normalized spacial score (nSPS) is 19.0. The van der Waals surface area contributed by atoms with Crippen LogP contribution < -0.4 is 14.8 Å². The molecule has 1 unspecified atom stereocenters. The first-order valence-electron chi connectivity index (χ1n) is 5.44. The fraction of sp³-hybridized carbons (Fsp3) is 0.545. The van der Waals surface area contributed by atoms with Crippen molar-refractivity contribution in [1.29, 1.82) is 0 Å². The van der Waals surface area contributed by atoms with Gasteiger partial charge in [0.05, 0.1) is 12.8 Å². The van der Waals surface area contributed by atoms with Gasteiger partial charge in [0, 0.05) is 12.1 Å². The molecule has 2 rings (SSSR count). The van der Waals surface area contributed by atoms with Crippen LogP contribution in [0.3, 0.4) is 0 Å². The second-order valence-corrected chi connectivity index (χ2v) is 4.00. The van der Waals surface area contributed by atoms with Crippen LogP contribution in [-0.4, -0.2) is 30.8 Å².